The zero-order valence-corrected chi connectivity index (χ0v) is 11.4. The van der Waals surface area contributed by atoms with Gasteiger partial charge in [0.15, 0.2) is 0 Å². The summed E-state index contributed by atoms with van der Waals surface area (Å²) in [7, 11) is 1.39. The second kappa shape index (κ2) is 5.92. The van der Waals surface area contributed by atoms with Gasteiger partial charge >= 0.3 is 5.97 Å². The number of aromatic carboxylic acids is 1. The van der Waals surface area contributed by atoms with Gasteiger partial charge in [-0.15, -0.1) is 0 Å². The van der Waals surface area contributed by atoms with E-state index in [0.29, 0.717) is 18.7 Å². The van der Waals surface area contributed by atoms with Crippen molar-refractivity contribution in [2.45, 2.75) is 19.4 Å². The summed E-state index contributed by atoms with van der Waals surface area (Å²) in [6, 6.07) is 4.46. The minimum Gasteiger partial charge on any atom is -0.496 e. The molecule has 1 heterocycles. The lowest BCUT2D eigenvalue weighted by Crippen LogP contribution is -2.27. The molecule has 20 heavy (non-hydrogen) atoms. The van der Waals surface area contributed by atoms with E-state index in [1.54, 1.807) is 6.07 Å². The van der Waals surface area contributed by atoms with Crippen LogP contribution in [0.25, 0.3) is 0 Å². The Hall–Kier alpha value is -2.08. The van der Waals surface area contributed by atoms with E-state index in [1.165, 1.54) is 19.2 Å². The van der Waals surface area contributed by atoms with Crippen molar-refractivity contribution in [3.8, 4) is 5.75 Å². The van der Waals surface area contributed by atoms with Crippen LogP contribution in [-0.2, 0) is 9.53 Å². The fraction of sp³-hybridized carbons (Fsp3) is 0.429. The van der Waals surface area contributed by atoms with Crippen molar-refractivity contribution in [3.63, 3.8) is 0 Å². The second-order valence-corrected chi connectivity index (χ2v) is 4.68. The van der Waals surface area contributed by atoms with Crippen LogP contribution in [0.2, 0.25) is 0 Å². The van der Waals surface area contributed by atoms with Gasteiger partial charge in [-0.05, 0) is 25.5 Å². The number of carbonyl (C=O) groups excluding carboxylic acids is 1. The van der Waals surface area contributed by atoms with E-state index in [4.69, 9.17) is 14.6 Å². The van der Waals surface area contributed by atoms with Gasteiger partial charge in [-0.2, -0.15) is 0 Å². The summed E-state index contributed by atoms with van der Waals surface area (Å²) >= 11 is 0. The predicted molar refractivity (Wildman–Crippen MR) is 72.1 cm³/mol. The van der Waals surface area contributed by atoms with E-state index in [9.17, 15) is 9.59 Å². The van der Waals surface area contributed by atoms with Crippen molar-refractivity contribution in [3.05, 3.63) is 23.8 Å². The van der Waals surface area contributed by atoms with Gasteiger partial charge in [0.25, 0.3) is 0 Å². The Morgan fingerprint density at radius 2 is 2.20 bits per heavy atom. The highest BCUT2D eigenvalue weighted by atomic mass is 16.5. The van der Waals surface area contributed by atoms with E-state index in [0.717, 1.165) is 0 Å². The molecular formula is C14H17NO5. The first-order valence-electron chi connectivity index (χ1n) is 6.36. The molecule has 2 N–H and O–H groups in total. The fourth-order valence-corrected chi connectivity index (χ4v) is 2.26. The van der Waals surface area contributed by atoms with Crippen molar-refractivity contribution in [1.82, 2.24) is 0 Å². The van der Waals surface area contributed by atoms with Crippen LogP contribution in [0.1, 0.15) is 23.7 Å². The highest BCUT2D eigenvalue weighted by molar-refractivity contribution is 5.95. The minimum absolute atomic E-state index is 0.0584. The third-order valence-corrected chi connectivity index (χ3v) is 3.41. The van der Waals surface area contributed by atoms with E-state index in [2.05, 4.69) is 5.32 Å². The van der Waals surface area contributed by atoms with Crippen LogP contribution in [0.15, 0.2) is 18.2 Å². The first kappa shape index (κ1) is 14.3. The molecular weight excluding hydrogens is 262 g/mol. The normalized spacial score (nSPS) is 21.5. The summed E-state index contributed by atoms with van der Waals surface area (Å²) in [6.45, 7) is 2.45. The number of methoxy groups -OCH3 is 1. The Balaban J connectivity index is 2.13. The lowest BCUT2D eigenvalue weighted by Gasteiger charge is -2.15. The fourth-order valence-electron chi connectivity index (χ4n) is 2.26. The van der Waals surface area contributed by atoms with Crippen molar-refractivity contribution in [1.29, 1.82) is 0 Å². The predicted octanol–water partition coefficient (Wildman–Crippen LogP) is 1.76. The number of nitrogens with one attached hydrogen (secondary N) is 1. The van der Waals surface area contributed by atoms with E-state index < -0.39 is 5.97 Å². The van der Waals surface area contributed by atoms with E-state index in [1.807, 2.05) is 6.92 Å². The number of hydrogen-bond donors (Lipinski definition) is 2. The van der Waals surface area contributed by atoms with Crippen molar-refractivity contribution in [2.24, 2.45) is 5.92 Å². The summed E-state index contributed by atoms with van der Waals surface area (Å²) in [4.78, 5) is 23.1. The molecule has 2 unspecified atom stereocenters. The van der Waals surface area contributed by atoms with Gasteiger partial charge < -0.3 is 19.9 Å². The number of carboxylic acids is 1. The maximum Gasteiger partial charge on any atom is 0.339 e. The molecule has 1 aliphatic heterocycles. The molecule has 2 atom stereocenters. The maximum absolute atomic E-state index is 12.1. The van der Waals surface area contributed by atoms with Crippen molar-refractivity contribution >= 4 is 17.6 Å². The van der Waals surface area contributed by atoms with Gasteiger partial charge in [0.05, 0.1) is 19.1 Å². The average Bonchev–Trinajstić information content (AvgIpc) is 2.84. The molecule has 6 nitrogen and oxygen atoms in total. The molecule has 1 aromatic carbocycles. The van der Waals surface area contributed by atoms with Gasteiger partial charge in [0.1, 0.15) is 11.3 Å². The largest absolute Gasteiger partial charge is 0.496 e. The summed E-state index contributed by atoms with van der Waals surface area (Å²) in [5, 5.41) is 11.8. The molecule has 0 spiro atoms. The molecule has 0 aromatic heterocycles. The van der Waals surface area contributed by atoms with Gasteiger partial charge in [0, 0.05) is 18.4 Å². The van der Waals surface area contributed by atoms with Crippen LogP contribution < -0.4 is 10.1 Å². The molecule has 1 aliphatic rings. The highest BCUT2D eigenvalue weighted by Crippen LogP contribution is 2.26. The summed E-state index contributed by atoms with van der Waals surface area (Å²) in [6.07, 6.45) is 0.590. The monoisotopic (exact) mass is 279 g/mol. The molecule has 1 amide bonds. The first-order valence-corrected chi connectivity index (χ1v) is 6.36. The SMILES string of the molecule is COc1cc(NC(=O)C2CCOC2C)ccc1C(=O)O. The maximum atomic E-state index is 12.1. The smallest absolute Gasteiger partial charge is 0.339 e. The topological polar surface area (TPSA) is 84.9 Å². The molecule has 0 radical (unpaired) electrons. The Labute approximate surface area is 116 Å². The number of rotatable bonds is 4. The number of benzene rings is 1. The molecule has 0 bridgehead atoms. The van der Waals surface area contributed by atoms with Crippen LogP contribution >= 0.6 is 0 Å². The molecule has 0 aliphatic carbocycles. The molecule has 108 valence electrons. The zero-order chi connectivity index (χ0) is 14.7. The number of hydrogen-bond acceptors (Lipinski definition) is 4. The van der Waals surface area contributed by atoms with E-state index >= 15 is 0 Å². The third kappa shape index (κ3) is 2.91. The number of carboxylic acid groups (broad SMARTS) is 1. The Bertz CT molecular complexity index is 528. The van der Waals surface area contributed by atoms with Crippen molar-refractivity contribution in [2.75, 3.05) is 19.0 Å². The van der Waals surface area contributed by atoms with Crippen LogP contribution in [0.5, 0.6) is 5.75 Å². The van der Waals surface area contributed by atoms with Gasteiger partial charge in [-0.1, -0.05) is 0 Å². The number of anilines is 1. The average molecular weight is 279 g/mol. The quantitative estimate of drug-likeness (QED) is 0.877. The van der Waals surface area contributed by atoms with E-state index in [-0.39, 0.29) is 29.2 Å². The van der Waals surface area contributed by atoms with Gasteiger partial charge in [-0.25, -0.2) is 4.79 Å². The molecule has 1 fully saturated rings. The van der Waals surface area contributed by atoms with Crippen LogP contribution in [0.3, 0.4) is 0 Å². The van der Waals surface area contributed by atoms with Crippen LogP contribution in [-0.4, -0.2) is 36.8 Å². The van der Waals surface area contributed by atoms with Crippen LogP contribution in [0.4, 0.5) is 5.69 Å². The van der Waals surface area contributed by atoms with Gasteiger partial charge in [-0.3, -0.25) is 4.79 Å². The first-order chi connectivity index (χ1) is 9.52. The lowest BCUT2D eigenvalue weighted by molar-refractivity contribution is -0.121. The number of amides is 1. The molecule has 1 saturated heterocycles. The van der Waals surface area contributed by atoms with Crippen molar-refractivity contribution < 1.29 is 24.2 Å². The molecule has 2 rings (SSSR count). The number of carbonyl (C=O) groups is 2. The lowest BCUT2D eigenvalue weighted by atomic mass is 10.0. The summed E-state index contributed by atoms with van der Waals surface area (Å²) < 4.78 is 10.4. The standard InChI is InChI=1S/C14H17NO5/c1-8-10(5-6-20-8)13(16)15-9-3-4-11(14(17)18)12(7-9)19-2/h3-4,7-8,10H,5-6H2,1-2H3,(H,15,16)(H,17,18). The van der Waals surface area contributed by atoms with Crippen LogP contribution in [0, 0.1) is 5.92 Å². The Morgan fingerprint density at radius 3 is 2.75 bits per heavy atom. The molecule has 0 saturated carbocycles. The molecule has 6 heteroatoms. The Morgan fingerprint density at radius 1 is 1.45 bits per heavy atom. The molecule has 1 aromatic rings. The minimum atomic E-state index is -1.07. The number of ether oxygens (including phenoxy) is 2. The Kier molecular flexibility index (Phi) is 4.24. The van der Waals surface area contributed by atoms with Gasteiger partial charge in [0.2, 0.25) is 5.91 Å². The zero-order valence-electron chi connectivity index (χ0n) is 11.4. The summed E-state index contributed by atoms with van der Waals surface area (Å²) in [5.74, 6) is -1.16. The third-order valence-electron chi connectivity index (χ3n) is 3.41. The summed E-state index contributed by atoms with van der Waals surface area (Å²) in [5.41, 5.74) is 0.569. The second-order valence-electron chi connectivity index (χ2n) is 4.68. The highest BCUT2D eigenvalue weighted by Gasteiger charge is 2.30.